The van der Waals surface area contributed by atoms with E-state index in [0.29, 0.717) is 13.0 Å². The molecule has 0 aromatic heterocycles. The van der Waals surface area contributed by atoms with E-state index in [1.807, 2.05) is 0 Å². The van der Waals surface area contributed by atoms with Crippen LogP contribution in [0.1, 0.15) is 6.42 Å². The van der Waals surface area contributed by atoms with Crippen molar-refractivity contribution in [1.82, 2.24) is 5.43 Å². The van der Waals surface area contributed by atoms with Gasteiger partial charge in [-0.3, -0.25) is 14.8 Å². The first-order valence-corrected chi connectivity index (χ1v) is 2.63. The van der Waals surface area contributed by atoms with Gasteiger partial charge in [0.25, 0.3) is 0 Å². The van der Waals surface area contributed by atoms with Crippen molar-refractivity contribution in [2.45, 2.75) is 6.42 Å². The van der Waals surface area contributed by atoms with Crippen molar-refractivity contribution in [3.63, 3.8) is 0 Å². The third-order valence-corrected chi connectivity index (χ3v) is 0.722. The van der Waals surface area contributed by atoms with Crippen LogP contribution >= 0.6 is 0 Å². The molecular weight excluding hydrogens is 123 g/mol. The van der Waals surface area contributed by atoms with Crippen LogP contribution in [0.4, 0.5) is 4.39 Å². The first kappa shape index (κ1) is 8.16. The largest absolute Gasteiger partial charge is 0.369 e. The molecule has 0 bridgehead atoms. The number of halogens is 1. The number of hydrogen-bond donors (Lipinski definition) is 3. The summed E-state index contributed by atoms with van der Waals surface area (Å²) in [5, 5.41) is 0. The number of hydrogen-bond acceptors (Lipinski definition) is 2. The Balaban J connectivity index is 3.21. The van der Waals surface area contributed by atoms with Crippen LogP contribution in [0.15, 0.2) is 4.99 Å². The third kappa shape index (κ3) is 5.02. The predicted molar refractivity (Wildman–Crippen MR) is 34.4 cm³/mol. The van der Waals surface area contributed by atoms with E-state index in [0.717, 1.165) is 0 Å². The Morgan fingerprint density at radius 2 is 2.33 bits per heavy atom. The summed E-state index contributed by atoms with van der Waals surface area (Å²) < 4.78 is 11.4. The van der Waals surface area contributed by atoms with Crippen molar-refractivity contribution < 1.29 is 4.39 Å². The van der Waals surface area contributed by atoms with Gasteiger partial charge in [0.2, 0.25) is 5.96 Å². The highest BCUT2D eigenvalue weighted by Crippen LogP contribution is 1.80. The molecule has 0 fully saturated rings. The molecule has 5 heteroatoms. The van der Waals surface area contributed by atoms with Gasteiger partial charge in [0.1, 0.15) is 0 Å². The van der Waals surface area contributed by atoms with Crippen LogP contribution in [0.25, 0.3) is 0 Å². The van der Waals surface area contributed by atoms with Crippen LogP contribution in [0, 0.1) is 0 Å². The molecule has 0 saturated heterocycles. The maximum Gasteiger partial charge on any atom is 0.203 e. The Morgan fingerprint density at radius 3 is 2.78 bits per heavy atom. The van der Waals surface area contributed by atoms with Crippen LogP contribution in [0.5, 0.6) is 0 Å². The lowest BCUT2D eigenvalue weighted by Gasteiger charge is -1.95. The topological polar surface area (TPSA) is 76.4 Å². The Morgan fingerprint density at radius 1 is 1.67 bits per heavy atom. The number of nitrogens with zero attached hydrogens (tertiary/aromatic N) is 1. The molecule has 0 aliphatic rings. The molecule has 0 saturated carbocycles. The van der Waals surface area contributed by atoms with E-state index in [1.165, 1.54) is 0 Å². The quantitative estimate of drug-likeness (QED) is 0.154. The van der Waals surface area contributed by atoms with Gasteiger partial charge in [-0.2, -0.15) is 0 Å². The van der Waals surface area contributed by atoms with Gasteiger partial charge in [0.05, 0.1) is 6.67 Å². The second-order valence-corrected chi connectivity index (χ2v) is 1.45. The lowest BCUT2D eigenvalue weighted by atomic mass is 10.5. The smallest absolute Gasteiger partial charge is 0.203 e. The molecule has 0 unspecified atom stereocenters. The number of alkyl halides is 1. The maximum absolute atomic E-state index is 11.4. The van der Waals surface area contributed by atoms with Crippen molar-refractivity contribution in [1.29, 1.82) is 0 Å². The Kier molecular flexibility index (Phi) is 4.81. The van der Waals surface area contributed by atoms with Crippen molar-refractivity contribution >= 4 is 5.96 Å². The van der Waals surface area contributed by atoms with Gasteiger partial charge in [-0.05, 0) is 6.42 Å². The van der Waals surface area contributed by atoms with E-state index in [9.17, 15) is 4.39 Å². The van der Waals surface area contributed by atoms with Crippen LogP contribution in [0.2, 0.25) is 0 Å². The highest BCUT2D eigenvalue weighted by Gasteiger charge is 1.84. The summed E-state index contributed by atoms with van der Waals surface area (Å²) in [5.41, 5.74) is 7.23. The molecule has 0 aliphatic carbocycles. The SMILES string of the molecule is NNC(N)=NCCCF. The highest BCUT2D eigenvalue weighted by atomic mass is 19.1. The minimum absolute atomic E-state index is 0.142. The van der Waals surface area contributed by atoms with Gasteiger partial charge < -0.3 is 5.73 Å². The van der Waals surface area contributed by atoms with E-state index in [1.54, 1.807) is 0 Å². The molecule has 0 heterocycles. The fraction of sp³-hybridized carbons (Fsp3) is 0.750. The lowest BCUT2D eigenvalue weighted by molar-refractivity contribution is 0.477. The molecular formula is C4H11FN4. The standard InChI is InChI=1S/C4H11FN4/c5-2-1-3-8-4(6)9-7/h1-3,7H2,(H3,6,8,9). The predicted octanol–water partition coefficient (Wildman–Crippen LogP) is -0.876. The zero-order valence-electron chi connectivity index (χ0n) is 5.10. The molecule has 4 nitrogen and oxygen atoms in total. The fourth-order valence-electron chi connectivity index (χ4n) is 0.305. The number of hydrazine groups is 1. The third-order valence-electron chi connectivity index (χ3n) is 0.722. The van der Waals surface area contributed by atoms with Crippen LogP contribution in [-0.2, 0) is 0 Å². The van der Waals surface area contributed by atoms with E-state index in [4.69, 9.17) is 11.6 Å². The highest BCUT2D eigenvalue weighted by molar-refractivity contribution is 5.76. The molecule has 0 spiro atoms. The van der Waals surface area contributed by atoms with Crippen molar-refractivity contribution in [3.05, 3.63) is 0 Å². The molecule has 9 heavy (non-hydrogen) atoms. The first-order chi connectivity index (χ1) is 4.31. The van der Waals surface area contributed by atoms with Gasteiger partial charge in [0.15, 0.2) is 0 Å². The van der Waals surface area contributed by atoms with Crippen molar-refractivity contribution in [2.24, 2.45) is 16.6 Å². The average molecular weight is 134 g/mol. The van der Waals surface area contributed by atoms with E-state index < -0.39 is 0 Å². The van der Waals surface area contributed by atoms with Gasteiger partial charge >= 0.3 is 0 Å². The van der Waals surface area contributed by atoms with Gasteiger partial charge in [-0.25, -0.2) is 5.84 Å². The number of guanidine groups is 1. The Labute approximate surface area is 53.1 Å². The van der Waals surface area contributed by atoms with Crippen molar-refractivity contribution in [3.8, 4) is 0 Å². The van der Waals surface area contributed by atoms with E-state index in [-0.39, 0.29) is 12.6 Å². The number of nitrogens with two attached hydrogens (primary N) is 2. The van der Waals surface area contributed by atoms with Crippen LogP contribution < -0.4 is 17.0 Å². The molecule has 5 N–H and O–H groups in total. The summed E-state index contributed by atoms with van der Waals surface area (Å²) in [7, 11) is 0. The average Bonchev–Trinajstić information content (AvgIpc) is 1.89. The molecule has 0 aliphatic heterocycles. The summed E-state index contributed by atoms with van der Waals surface area (Å²) >= 11 is 0. The summed E-state index contributed by atoms with van der Waals surface area (Å²) in [4.78, 5) is 3.65. The Hall–Kier alpha value is -0.840. The molecule has 0 atom stereocenters. The first-order valence-electron chi connectivity index (χ1n) is 2.63. The summed E-state index contributed by atoms with van der Waals surface area (Å²) in [6, 6.07) is 0. The molecule has 0 amide bonds. The lowest BCUT2D eigenvalue weighted by Crippen LogP contribution is -2.37. The minimum atomic E-state index is -0.374. The van der Waals surface area contributed by atoms with Crippen molar-refractivity contribution in [2.75, 3.05) is 13.2 Å². The maximum atomic E-state index is 11.4. The van der Waals surface area contributed by atoms with Crippen LogP contribution in [-0.4, -0.2) is 19.2 Å². The zero-order valence-corrected chi connectivity index (χ0v) is 5.10. The number of rotatable bonds is 3. The normalized spacial score (nSPS) is 11.6. The zero-order chi connectivity index (χ0) is 7.11. The molecule has 0 radical (unpaired) electrons. The second-order valence-electron chi connectivity index (χ2n) is 1.45. The number of nitrogens with one attached hydrogen (secondary N) is 1. The molecule has 0 rings (SSSR count). The minimum Gasteiger partial charge on any atom is -0.369 e. The summed E-state index contributed by atoms with van der Waals surface area (Å²) in [5.74, 6) is 5.00. The van der Waals surface area contributed by atoms with Crippen LogP contribution in [0.3, 0.4) is 0 Å². The van der Waals surface area contributed by atoms with Gasteiger partial charge in [-0.1, -0.05) is 0 Å². The Bertz CT molecular complexity index is 92.6. The van der Waals surface area contributed by atoms with Gasteiger partial charge in [-0.15, -0.1) is 0 Å². The van der Waals surface area contributed by atoms with Gasteiger partial charge in [0, 0.05) is 6.54 Å². The van der Waals surface area contributed by atoms with E-state index in [2.05, 4.69) is 10.4 Å². The molecule has 0 aromatic carbocycles. The fourth-order valence-corrected chi connectivity index (χ4v) is 0.305. The molecule has 0 aromatic rings. The monoisotopic (exact) mass is 134 g/mol. The molecule has 54 valence electrons. The summed E-state index contributed by atoms with van der Waals surface area (Å²) in [6.07, 6.45) is 0.391. The summed E-state index contributed by atoms with van der Waals surface area (Å²) in [6.45, 7) is 0.00782. The number of aliphatic imine (C=N–C) groups is 1. The van der Waals surface area contributed by atoms with E-state index >= 15 is 0 Å². The second kappa shape index (κ2) is 5.30.